The van der Waals surface area contributed by atoms with Crippen molar-refractivity contribution in [3.63, 3.8) is 0 Å². The van der Waals surface area contributed by atoms with Gasteiger partial charge in [0.25, 0.3) is 0 Å². The van der Waals surface area contributed by atoms with Crippen molar-refractivity contribution in [2.75, 3.05) is 0 Å². The summed E-state index contributed by atoms with van der Waals surface area (Å²) in [4.78, 5) is 0. The maximum absolute atomic E-state index is 13.2. The molecule has 0 aromatic heterocycles. The Morgan fingerprint density at radius 3 is 2.89 bits per heavy atom. The lowest BCUT2D eigenvalue weighted by atomic mass is 9.97. The van der Waals surface area contributed by atoms with E-state index in [9.17, 15) is 4.39 Å². The van der Waals surface area contributed by atoms with Gasteiger partial charge in [0, 0.05) is 17.1 Å². The number of nitrogens with one attached hydrogen (secondary N) is 1. The second kappa shape index (κ2) is 6.67. The molecule has 100 valence electrons. The first kappa shape index (κ1) is 14.0. The fourth-order valence-corrected chi connectivity index (χ4v) is 3.10. The Hall–Kier alpha value is -0.410. The Morgan fingerprint density at radius 1 is 1.28 bits per heavy atom. The lowest BCUT2D eigenvalue weighted by Gasteiger charge is -2.23. The zero-order valence-corrected chi connectivity index (χ0v) is 12.5. The Balaban J connectivity index is 1.95. The summed E-state index contributed by atoms with van der Waals surface area (Å²) < 4.78 is 14.2. The molecule has 0 radical (unpaired) electrons. The minimum atomic E-state index is -0.163. The van der Waals surface area contributed by atoms with Crippen LogP contribution in [0.2, 0.25) is 0 Å². The van der Waals surface area contributed by atoms with Crippen LogP contribution in [0.15, 0.2) is 22.7 Å². The van der Waals surface area contributed by atoms with Gasteiger partial charge in [0.2, 0.25) is 0 Å². The summed E-state index contributed by atoms with van der Waals surface area (Å²) in [6, 6.07) is 5.45. The van der Waals surface area contributed by atoms with Crippen LogP contribution in [0, 0.1) is 11.7 Å². The number of benzene rings is 1. The fraction of sp³-hybridized carbons (Fsp3) is 0.600. The molecule has 1 aliphatic rings. The highest BCUT2D eigenvalue weighted by Gasteiger charge is 2.19. The third kappa shape index (κ3) is 3.79. The summed E-state index contributed by atoms with van der Waals surface area (Å²) in [6.07, 6.45) is 6.57. The molecule has 2 rings (SSSR count). The summed E-state index contributed by atoms with van der Waals surface area (Å²) >= 11 is 3.48. The Kier molecular flexibility index (Phi) is 5.19. The highest BCUT2D eigenvalue weighted by atomic mass is 79.9. The standard InChI is InChI=1S/C15H21BrFN/c1-11-5-3-2-4-6-15(11)18-10-12-9-13(17)7-8-14(12)16/h7-9,11,15,18H,2-6,10H2,1H3. The van der Waals surface area contributed by atoms with E-state index in [1.807, 2.05) is 0 Å². The number of rotatable bonds is 3. The van der Waals surface area contributed by atoms with Crippen molar-refractivity contribution in [2.24, 2.45) is 5.92 Å². The van der Waals surface area contributed by atoms with Crippen LogP contribution >= 0.6 is 15.9 Å². The molecular formula is C15H21BrFN. The van der Waals surface area contributed by atoms with E-state index in [1.54, 1.807) is 12.1 Å². The highest BCUT2D eigenvalue weighted by molar-refractivity contribution is 9.10. The fourth-order valence-electron chi connectivity index (χ4n) is 2.72. The summed E-state index contributed by atoms with van der Waals surface area (Å²) in [5, 5.41) is 3.60. The second-order valence-corrected chi connectivity index (χ2v) is 6.19. The zero-order valence-electron chi connectivity index (χ0n) is 10.9. The summed E-state index contributed by atoms with van der Waals surface area (Å²) in [5.74, 6) is 0.559. The van der Waals surface area contributed by atoms with E-state index in [1.165, 1.54) is 38.2 Å². The molecule has 3 heteroatoms. The predicted octanol–water partition coefficient (Wildman–Crippen LogP) is 4.65. The minimum Gasteiger partial charge on any atom is -0.310 e. The summed E-state index contributed by atoms with van der Waals surface area (Å²) in [5.41, 5.74) is 1.01. The van der Waals surface area contributed by atoms with Crippen molar-refractivity contribution >= 4 is 15.9 Å². The molecule has 2 unspecified atom stereocenters. The van der Waals surface area contributed by atoms with Crippen molar-refractivity contribution in [2.45, 2.75) is 51.6 Å². The molecule has 1 fully saturated rings. The molecular weight excluding hydrogens is 293 g/mol. The average Bonchev–Trinajstić information content (AvgIpc) is 2.55. The van der Waals surface area contributed by atoms with Crippen LogP contribution in [0.25, 0.3) is 0 Å². The summed E-state index contributed by atoms with van der Waals surface area (Å²) in [7, 11) is 0. The third-order valence-corrected chi connectivity index (χ3v) is 4.70. The van der Waals surface area contributed by atoms with E-state index in [0.29, 0.717) is 6.04 Å². The van der Waals surface area contributed by atoms with Crippen LogP contribution in [-0.2, 0) is 6.54 Å². The van der Waals surface area contributed by atoms with Gasteiger partial charge in [0.15, 0.2) is 0 Å². The Morgan fingerprint density at radius 2 is 2.06 bits per heavy atom. The predicted molar refractivity (Wildman–Crippen MR) is 77.0 cm³/mol. The third-order valence-electron chi connectivity index (χ3n) is 3.92. The van der Waals surface area contributed by atoms with E-state index >= 15 is 0 Å². The van der Waals surface area contributed by atoms with E-state index in [2.05, 4.69) is 28.2 Å². The molecule has 0 aliphatic heterocycles. The molecule has 0 heterocycles. The SMILES string of the molecule is CC1CCCCCC1NCc1cc(F)ccc1Br. The molecule has 1 nitrogen and oxygen atoms in total. The lowest BCUT2D eigenvalue weighted by Crippen LogP contribution is -2.33. The lowest BCUT2D eigenvalue weighted by molar-refractivity contribution is 0.355. The van der Waals surface area contributed by atoms with Gasteiger partial charge in [0.05, 0.1) is 0 Å². The first-order valence-electron chi connectivity index (χ1n) is 6.84. The largest absolute Gasteiger partial charge is 0.310 e. The molecule has 1 saturated carbocycles. The molecule has 1 N–H and O–H groups in total. The zero-order chi connectivity index (χ0) is 13.0. The summed E-state index contributed by atoms with van der Waals surface area (Å²) in [6.45, 7) is 3.07. The van der Waals surface area contributed by atoms with Crippen molar-refractivity contribution < 1.29 is 4.39 Å². The molecule has 0 saturated heterocycles. The van der Waals surface area contributed by atoms with Gasteiger partial charge in [-0.15, -0.1) is 0 Å². The molecule has 2 atom stereocenters. The van der Waals surface area contributed by atoms with Crippen LogP contribution in [-0.4, -0.2) is 6.04 Å². The monoisotopic (exact) mass is 313 g/mol. The molecule has 1 aromatic carbocycles. The Bertz CT molecular complexity index is 394. The van der Waals surface area contributed by atoms with E-state index in [4.69, 9.17) is 0 Å². The smallest absolute Gasteiger partial charge is 0.123 e. The molecule has 18 heavy (non-hydrogen) atoms. The van der Waals surface area contributed by atoms with Crippen LogP contribution in [0.4, 0.5) is 4.39 Å². The first-order chi connectivity index (χ1) is 8.66. The number of halogens is 2. The first-order valence-corrected chi connectivity index (χ1v) is 7.63. The number of hydrogen-bond donors (Lipinski definition) is 1. The van der Waals surface area contributed by atoms with Crippen molar-refractivity contribution in [3.05, 3.63) is 34.1 Å². The van der Waals surface area contributed by atoms with Gasteiger partial charge in [-0.25, -0.2) is 4.39 Å². The van der Waals surface area contributed by atoms with Crippen molar-refractivity contribution in [3.8, 4) is 0 Å². The minimum absolute atomic E-state index is 0.163. The van der Waals surface area contributed by atoms with Crippen LogP contribution in [0.1, 0.15) is 44.6 Å². The van der Waals surface area contributed by atoms with Gasteiger partial charge >= 0.3 is 0 Å². The Labute approximate surface area is 117 Å². The number of hydrogen-bond acceptors (Lipinski definition) is 1. The maximum Gasteiger partial charge on any atom is 0.123 e. The van der Waals surface area contributed by atoms with Gasteiger partial charge in [0.1, 0.15) is 5.82 Å². The van der Waals surface area contributed by atoms with Crippen molar-refractivity contribution in [1.82, 2.24) is 5.32 Å². The van der Waals surface area contributed by atoms with Crippen LogP contribution < -0.4 is 5.32 Å². The maximum atomic E-state index is 13.2. The molecule has 0 spiro atoms. The van der Waals surface area contributed by atoms with E-state index in [0.717, 1.165) is 22.5 Å². The van der Waals surface area contributed by atoms with Crippen LogP contribution in [0.3, 0.4) is 0 Å². The van der Waals surface area contributed by atoms with E-state index < -0.39 is 0 Å². The van der Waals surface area contributed by atoms with Gasteiger partial charge in [-0.2, -0.15) is 0 Å². The molecule has 1 aromatic rings. The van der Waals surface area contributed by atoms with E-state index in [-0.39, 0.29) is 5.82 Å². The van der Waals surface area contributed by atoms with Gasteiger partial charge in [-0.05, 0) is 42.5 Å². The molecule has 1 aliphatic carbocycles. The quantitative estimate of drug-likeness (QED) is 0.801. The average molecular weight is 314 g/mol. The van der Waals surface area contributed by atoms with Crippen LogP contribution in [0.5, 0.6) is 0 Å². The second-order valence-electron chi connectivity index (χ2n) is 5.34. The highest BCUT2D eigenvalue weighted by Crippen LogP contribution is 2.24. The normalized spacial score (nSPS) is 24.8. The topological polar surface area (TPSA) is 12.0 Å². The molecule has 0 amide bonds. The molecule has 0 bridgehead atoms. The van der Waals surface area contributed by atoms with Gasteiger partial charge in [-0.3, -0.25) is 0 Å². The van der Waals surface area contributed by atoms with Gasteiger partial charge in [-0.1, -0.05) is 42.1 Å². The van der Waals surface area contributed by atoms with Gasteiger partial charge < -0.3 is 5.32 Å². The van der Waals surface area contributed by atoms with Crippen molar-refractivity contribution in [1.29, 1.82) is 0 Å².